The first-order chi connectivity index (χ1) is 9.10. The summed E-state index contributed by atoms with van der Waals surface area (Å²) in [5.74, 6) is 0.391. The molecular formula is C14H16BrN3O. The number of H-pyrrole nitrogens is 1. The van der Waals surface area contributed by atoms with Gasteiger partial charge in [-0.25, -0.2) is 0 Å². The first-order valence-corrected chi connectivity index (χ1v) is 7.01. The summed E-state index contributed by atoms with van der Waals surface area (Å²) in [5, 5.41) is 9.77. The van der Waals surface area contributed by atoms with Crippen molar-refractivity contribution in [1.29, 1.82) is 0 Å². The maximum atomic E-state index is 12.1. The lowest BCUT2D eigenvalue weighted by molar-refractivity contribution is 0.102. The Morgan fingerprint density at radius 2 is 2.21 bits per heavy atom. The summed E-state index contributed by atoms with van der Waals surface area (Å²) in [6.07, 6.45) is 1.97. The van der Waals surface area contributed by atoms with E-state index in [1.807, 2.05) is 25.1 Å². The summed E-state index contributed by atoms with van der Waals surface area (Å²) < 4.78 is 0.786. The Balaban J connectivity index is 2.11. The summed E-state index contributed by atoms with van der Waals surface area (Å²) in [6.45, 7) is 4.08. The molecule has 1 amide bonds. The molecule has 100 valence electrons. The number of anilines is 1. The van der Waals surface area contributed by atoms with Crippen molar-refractivity contribution >= 4 is 27.7 Å². The van der Waals surface area contributed by atoms with Crippen LogP contribution in [0, 0.1) is 6.92 Å². The molecule has 0 aliphatic rings. The Kier molecular flexibility index (Phi) is 4.37. The Bertz CT molecular complexity index is 592. The molecule has 2 rings (SSSR count). The Morgan fingerprint density at radius 1 is 1.42 bits per heavy atom. The largest absolute Gasteiger partial charge is 0.305 e. The van der Waals surface area contributed by atoms with E-state index < -0.39 is 0 Å². The van der Waals surface area contributed by atoms with Gasteiger partial charge in [0, 0.05) is 16.2 Å². The van der Waals surface area contributed by atoms with Gasteiger partial charge < -0.3 is 5.32 Å². The van der Waals surface area contributed by atoms with Crippen molar-refractivity contribution in [3.05, 3.63) is 45.6 Å². The molecule has 0 fully saturated rings. The number of carbonyl (C=O) groups excluding carboxylic acids is 1. The van der Waals surface area contributed by atoms with Crippen LogP contribution in [0.5, 0.6) is 0 Å². The molecule has 1 heterocycles. The second kappa shape index (κ2) is 6.02. The lowest BCUT2D eigenvalue weighted by Gasteiger charge is -2.05. The lowest BCUT2D eigenvalue weighted by atomic mass is 10.1. The number of nitrogens with zero attached hydrogens (tertiary/aromatic N) is 1. The summed E-state index contributed by atoms with van der Waals surface area (Å²) in [7, 11) is 0. The van der Waals surface area contributed by atoms with Crippen LogP contribution in [-0.4, -0.2) is 16.1 Å². The number of halogens is 1. The van der Waals surface area contributed by atoms with Crippen molar-refractivity contribution in [1.82, 2.24) is 10.2 Å². The van der Waals surface area contributed by atoms with Gasteiger partial charge in [-0.05, 0) is 47.0 Å². The van der Waals surface area contributed by atoms with Crippen LogP contribution in [0.1, 0.15) is 35.0 Å². The first kappa shape index (κ1) is 13.8. The van der Waals surface area contributed by atoms with E-state index in [0.717, 1.165) is 28.6 Å². The fourth-order valence-corrected chi connectivity index (χ4v) is 2.48. The van der Waals surface area contributed by atoms with E-state index in [2.05, 4.69) is 38.4 Å². The highest BCUT2D eigenvalue weighted by atomic mass is 79.9. The van der Waals surface area contributed by atoms with Crippen LogP contribution >= 0.6 is 15.9 Å². The zero-order chi connectivity index (χ0) is 13.8. The summed E-state index contributed by atoms with van der Waals surface area (Å²) in [4.78, 5) is 12.1. The van der Waals surface area contributed by atoms with Crippen LogP contribution in [0.4, 0.5) is 5.82 Å². The van der Waals surface area contributed by atoms with Gasteiger partial charge in [-0.2, -0.15) is 5.10 Å². The third-order valence-electron chi connectivity index (χ3n) is 2.76. The summed E-state index contributed by atoms with van der Waals surface area (Å²) >= 11 is 3.40. The highest BCUT2D eigenvalue weighted by molar-refractivity contribution is 9.10. The predicted octanol–water partition coefficient (Wildman–Crippen LogP) is 3.69. The average Bonchev–Trinajstić information content (AvgIpc) is 2.76. The van der Waals surface area contributed by atoms with E-state index in [0.29, 0.717) is 11.4 Å². The van der Waals surface area contributed by atoms with Gasteiger partial charge in [0.1, 0.15) is 0 Å². The molecule has 1 aromatic carbocycles. The minimum atomic E-state index is -0.165. The molecule has 0 saturated heterocycles. The second-order valence-corrected chi connectivity index (χ2v) is 5.32. The smallest absolute Gasteiger partial charge is 0.258 e. The number of nitrogens with one attached hydrogen (secondary N) is 2. The predicted molar refractivity (Wildman–Crippen MR) is 79.4 cm³/mol. The van der Waals surface area contributed by atoms with Crippen molar-refractivity contribution in [3.63, 3.8) is 0 Å². The Hall–Kier alpha value is -1.62. The number of aromatic amines is 1. The second-order valence-electron chi connectivity index (χ2n) is 4.47. The molecule has 0 radical (unpaired) electrons. The fourth-order valence-electron chi connectivity index (χ4n) is 1.81. The van der Waals surface area contributed by atoms with E-state index in [9.17, 15) is 4.79 Å². The van der Waals surface area contributed by atoms with Gasteiger partial charge in [-0.1, -0.05) is 19.4 Å². The van der Waals surface area contributed by atoms with Gasteiger partial charge in [0.15, 0.2) is 5.82 Å². The SMILES string of the molecule is CCCc1cc(NC(=O)c2ccc(C)cc2Br)n[nH]1. The lowest BCUT2D eigenvalue weighted by Crippen LogP contribution is -2.12. The molecule has 0 bridgehead atoms. The van der Waals surface area contributed by atoms with Crippen LogP contribution in [0.3, 0.4) is 0 Å². The topological polar surface area (TPSA) is 57.8 Å². The standard InChI is InChI=1S/C14H16BrN3O/c1-3-4-10-8-13(18-17-10)16-14(19)11-6-5-9(2)7-12(11)15/h5-8H,3-4H2,1-2H3,(H2,16,17,18,19). The van der Waals surface area contributed by atoms with Gasteiger partial charge in [-0.3, -0.25) is 9.89 Å². The van der Waals surface area contributed by atoms with Crippen molar-refractivity contribution in [3.8, 4) is 0 Å². The van der Waals surface area contributed by atoms with Crippen LogP contribution in [-0.2, 0) is 6.42 Å². The minimum Gasteiger partial charge on any atom is -0.305 e. The van der Waals surface area contributed by atoms with Gasteiger partial charge >= 0.3 is 0 Å². The number of carbonyl (C=O) groups is 1. The average molecular weight is 322 g/mol. The molecule has 0 spiro atoms. The molecule has 2 N–H and O–H groups in total. The number of hydrogen-bond acceptors (Lipinski definition) is 2. The number of benzene rings is 1. The molecule has 4 nitrogen and oxygen atoms in total. The molecule has 1 aromatic heterocycles. The quantitative estimate of drug-likeness (QED) is 0.902. The van der Waals surface area contributed by atoms with E-state index in [1.54, 1.807) is 6.07 Å². The molecule has 5 heteroatoms. The fraction of sp³-hybridized carbons (Fsp3) is 0.286. The van der Waals surface area contributed by atoms with Crippen molar-refractivity contribution in [2.45, 2.75) is 26.7 Å². The molecule has 0 saturated carbocycles. The summed E-state index contributed by atoms with van der Waals surface area (Å²) in [6, 6.07) is 7.49. The van der Waals surface area contributed by atoms with E-state index >= 15 is 0 Å². The molecule has 0 atom stereocenters. The molecule has 0 unspecified atom stereocenters. The zero-order valence-electron chi connectivity index (χ0n) is 11.0. The van der Waals surface area contributed by atoms with E-state index in [4.69, 9.17) is 0 Å². The normalized spacial score (nSPS) is 10.5. The zero-order valence-corrected chi connectivity index (χ0v) is 12.5. The number of hydrogen-bond donors (Lipinski definition) is 2. The van der Waals surface area contributed by atoms with Crippen LogP contribution in [0.15, 0.2) is 28.7 Å². The minimum absolute atomic E-state index is 0.165. The Morgan fingerprint density at radius 3 is 2.89 bits per heavy atom. The maximum Gasteiger partial charge on any atom is 0.258 e. The number of aryl methyl sites for hydroxylation is 2. The third-order valence-corrected chi connectivity index (χ3v) is 3.42. The first-order valence-electron chi connectivity index (χ1n) is 6.22. The van der Waals surface area contributed by atoms with E-state index in [1.165, 1.54) is 0 Å². The van der Waals surface area contributed by atoms with Gasteiger partial charge in [0.05, 0.1) is 5.56 Å². The van der Waals surface area contributed by atoms with E-state index in [-0.39, 0.29) is 5.91 Å². The van der Waals surface area contributed by atoms with Gasteiger partial charge in [0.25, 0.3) is 5.91 Å². The third kappa shape index (κ3) is 3.44. The number of aromatic nitrogens is 2. The number of amides is 1. The Labute approximate surface area is 120 Å². The van der Waals surface area contributed by atoms with Gasteiger partial charge in [-0.15, -0.1) is 0 Å². The molecule has 0 aliphatic carbocycles. The highest BCUT2D eigenvalue weighted by Gasteiger charge is 2.11. The molecule has 19 heavy (non-hydrogen) atoms. The maximum absolute atomic E-state index is 12.1. The van der Waals surface area contributed by atoms with Crippen molar-refractivity contribution in [2.24, 2.45) is 0 Å². The van der Waals surface area contributed by atoms with Gasteiger partial charge in [0.2, 0.25) is 0 Å². The molecular weight excluding hydrogens is 306 g/mol. The summed E-state index contributed by atoms with van der Waals surface area (Å²) in [5.41, 5.74) is 2.74. The highest BCUT2D eigenvalue weighted by Crippen LogP contribution is 2.19. The van der Waals surface area contributed by atoms with Crippen molar-refractivity contribution in [2.75, 3.05) is 5.32 Å². The van der Waals surface area contributed by atoms with Crippen LogP contribution < -0.4 is 5.32 Å². The molecule has 0 aliphatic heterocycles. The monoisotopic (exact) mass is 321 g/mol. The molecule has 2 aromatic rings. The number of rotatable bonds is 4. The van der Waals surface area contributed by atoms with Crippen LogP contribution in [0.25, 0.3) is 0 Å². The van der Waals surface area contributed by atoms with Crippen molar-refractivity contribution < 1.29 is 4.79 Å². The van der Waals surface area contributed by atoms with Crippen LogP contribution in [0.2, 0.25) is 0 Å².